The highest BCUT2D eigenvalue weighted by atomic mass is 32.2. The molecule has 0 aliphatic rings. The lowest BCUT2D eigenvalue weighted by Gasteiger charge is -2.04. The Bertz CT molecular complexity index is 511. The average molecular weight is 298 g/mol. The number of esters is 2. The number of ether oxygens (including phenoxy) is 2. The SMILES string of the molecule is COC(=O)C[S@](=O)CC(=O)OCC(=O)c1ccccc1. The van der Waals surface area contributed by atoms with Crippen LogP contribution in [0.15, 0.2) is 30.3 Å². The van der Waals surface area contributed by atoms with Gasteiger partial charge < -0.3 is 9.47 Å². The molecule has 0 saturated carbocycles. The van der Waals surface area contributed by atoms with Crippen molar-refractivity contribution >= 4 is 28.5 Å². The number of rotatable bonds is 7. The van der Waals surface area contributed by atoms with Crippen LogP contribution in [-0.4, -0.2) is 47.2 Å². The molecular formula is C13H14O6S. The second-order valence-corrected chi connectivity index (χ2v) is 5.21. The zero-order valence-electron chi connectivity index (χ0n) is 10.9. The van der Waals surface area contributed by atoms with Crippen LogP contribution in [0.25, 0.3) is 0 Å². The molecule has 0 saturated heterocycles. The fraction of sp³-hybridized carbons (Fsp3) is 0.308. The minimum Gasteiger partial charge on any atom is -0.468 e. The van der Waals surface area contributed by atoms with Crippen molar-refractivity contribution in [3.05, 3.63) is 35.9 Å². The van der Waals surface area contributed by atoms with Gasteiger partial charge in [0.05, 0.1) is 7.11 Å². The van der Waals surface area contributed by atoms with Crippen LogP contribution in [0.3, 0.4) is 0 Å². The third kappa shape index (κ3) is 5.75. The summed E-state index contributed by atoms with van der Waals surface area (Å²) >= 11 is 0. The van der Waals surface area contributed by atoms with E-state index < -0.39 is 35.1 Å². The van der Waals surface area contributed by atoms with Crippen molar-refractivity contribution in [1.82, 2.24) is 0 Å². The second-order valence-electron chi connectivity index (χ2n) is 3.75. The molecule has 1 aromatic carbocycles. The van der Waals surface area contributed by atoms with Crippen molar-refractivity contribution in [2.24, 2.45) is 0 Å². The largest absolute Gasteiger partial charge is 0.468 e. The first-order chi connectivity index (χ1) is 9.52. The van der Waals surface area contributed by atoms with E-state index in [0.29, 0.717) is 5.56 Å². The van der Waals surface area contributed by atoms with E-state index in [0.717, 1.165) is 7.11 Å². The fourth-order valence-corrected chi connectivity index (χ4v) is 2.10. The van der Waals surface area contributed by atoms with E-state index in [9.17, 15) is 18.6 Å². The molecule has 0 heterocycles. The van der Waals surface area contributed by atoms with Gasteiger partial charge >= 0.3 is 11.9 Å². The van der Waals surface area contributed by atoms with E-state index in [4.69, 9.17) is 4.74 Å². The maximum Gasteiger partial charge on any atom is 0.319 e. The van der Waals surface area contributed by atoms with E-state index in [1.807, 2.05) is 0 Å². The second kappa shape index (κ2) is 8.21. The Morgan fingerprint density at radius 2 is 1.65 bits per heavy atom. The molecule has 6 nitrogen and oxygen atoms in total. The third-order valence-corrected chi connectivity index (χ3v) is 3.36. The van der Waals surface area contributed by atoms with Gasteiger partial charge in [-0.25, -0.2) is 0 Å². The predicted molar refractivity (Wildman–Crippen MR) is 71.6 cm³/mol. The van der Waals surface area contributed by atoms with E-state index in [-0.39, 0.29) is 11.5 Å². The molecular weight excluding hydrogens is 284 g/mol. The van der Waals surface area contributed by atoms with Gasteiger partial charge in [0.15, 0.2) is 12.4 Å². The lowest BCUT2D eigenvalue weighted by Crippen LogP contribution is -2.22. The topological polar surface area (TPSA) is 86.7 Å². The first-order valence-corrected chi connectivity index (χ1v) is 7.17. The summed E-state index contributed by atoms with van der Waals surface area (Å²) in [6.07, 6.45) is 0. The lowest BCUT2D eigenvalue weighted by atomic mass is 10.1. The summed E-state index contributed by atoms with van der Waals surface area (Å²) in [5, 5.41) is 0. The predicted octanol–water partition coefficient (Wildman–Crippen LogP) is 0.334. The van der Waals surface area contributed by atoms with Crippen LogP contribution in [0.4, 0.5) is 0 Å². The summed E-state index contributed by atoms with van der Waals surface area (Å²) in [6, 6.07) is 8.36. The highest BCUT2D eigenvalue weighted by Crippen LogP contribution is 2.00. The van der Waals surface area contributed by atoms with Gasteiger partial charge in [0.25, 0.3) is 0 Å². The van der Waals surface area contributed by atoms with Crippen LogP contribution in [0.5, 0.6) is 0 Å². The van der Waals surface area contributed by atoms with Crippen LogP contribution in [0.2, 0.25) is 0 Å². The summed E-state index contributed by atoms with van der Waals surface area (Å²) in [6.45, 7) is -0.418. The molecule has 1 rings (SSSR count). The van der Waals surface area contributed by atoms with Gasteiger partial charge in [-0.3, -0.25) is 18.6 Å². The number of hydrogen-bond donors (Lipinski definition) is 0. The van der Waals surface area contributed by atoms with Gasteiger partial charge in [0.2, 0.25) is 0 Å². The van der Waals surface area contributed by atoms with Gasteiger partial charge in [-0.05, 0) is 0 Å². The van der Waals surface area contributed by atoms with Crippen molar-refractivity contribution in [2.75, 3.05) is 25.2 Å². The molecule has 108 valence electrons. The number of carbonyl (C=O) groups excluding carboxylic acids is 3. The Hall–Kier alpha value is -2.02. The van der Waals surface area contributed by atoms with Gasteiger partial charge in [-0.15, -0.1) is 0 Å². The summed E-state index contributed by atoms with van der Waals surface area (Å²) in [5.74, 6) is -2.64. The maximum absolute atomic E-state index is 11.6. The van der Waals surface area contributed by atoms with Crippen molar-refractivity contribution in [3.8, 4) is 0 Å². The molecule has 1 aromatic rings. The monoisotopic (exact) mass is 298 g/mol. The average Bonchev–Trinajstić information content (AvgIpc) is 2.45. The Labute approximate surface area is 118 Å². The van der Waals surface area contributed by atoms with Gasteiger partial charge in [0, 0.05) is 16.4 Å². The normalized spacial score (nSPS) is 11.4. The van der Waals surface area contributed by atoms with Gasteiger partial charge in [-0.2, -0.15) is 0 Å². The molecule has 0 fully saturated rings. The summed E-state index contributed by atoms with van der Waals surface area (Å²) in [7, 11) is -0.537. The fourth-order valence-electron chi connectivity index (χ4n) is 1.27. The highest BCUT2D eigenvalue weighted by Gasteiger charge is 2.15. The molecule has 20 heavy (non-hydrogen) atoms. The number of benzene rings is 1. The Morgan fingerprint density at radius 3 is 2.25 bits per heavy atom. The standard InChI is InChI=1S/C13H14O6S/c1-18-12(15)8-20(17)9-13(16)19-7-11(14)10-5-3-2-4-6-10/h2-6H,7-9H2,1H3/t20-/m0/s1. The van der Waals surface area contributed by atoms with Crippen molar-refractivity contribution in [2.45, 2.75) is 0 Å². The zero-order chi connectivity index (χ0) is 15.0. The maximum atomic E-state index is 11.6. The Balaban J connectivity index is 2.35. The van der Waals surface area contributed by atoms with Crippen LogP contribution < -0.4 is 0 Å². The molecule has 1 atom stereocenters. The first kappa shape index (κ1) is 16.0. The number of carbonyl (C=O) groups is 3. The number of methoxy groups -OCH3 is 1. The Kier molecular flexibility index (Phi) is 6.58. The summed E-state index contributed by atoms with van der Waals surface area (Å²) < 4.78 is 20.4. The van der Waals surface area contributed by atoms with Crippen molar-refractivity contribution in [3.63, 3.8) is 0 Å². The summed E-state index contributed by atoms with van der Waals surface area (Å²) in [4.78, 5) is 33.8. The molecule has 0 unspecified atom stereocenters. The Morgan fingerprint density at radius 1 is 1.05 bits per heavy atom. The molecule has 0 amide bonds. The quantitative estimate of drug-likeness (QED) is 0.533. The highest BCUT2D eigenvalue weighted by molar-refractivity contribution is 7.86. The number of ketones is 1. The number of hydrogen-bond acceptors (Lipinski definition) is 6. The van der Waals surface area contributed by atoms with Crippen LogP contribution >= 0.6 is 0 Å². The minimum atomic E-state index is -1.70. The third-order valence-electron chi connectivity index (χ3n) is 2.25. The molecule has 0 aromatic heterocycles. The molecule has 0 N–H and O–H groups in total. The van der Waals surface area contributed by atoms with Crippen LogP contribution in [0, 0.1) is 0 Å². The van der Waals surface area contributed by atoms with Crippen LogP contribution in [-0.2, 0) is 29.9 Å². The van der Waals surface area contributed by atoms with E-state index in [1.54, 1.807) is 30.3 Å². The molecule has 0 spiro atoms. The van der Waals surface area contributed by atoms with Gasteiger partial charge in [-0.1, -0.05) is 30.3 Å². The smallest absolute Gasteiger partial charge is 0.319 e. The van der Waals surface area contributed by atoms with E-state index in [2.05, 4.69) is 4.74 Å². The minimum absolute atomic E-state index is 0.349. The molecule has 0 bridgehead atoms. The lowest BCUT2D eigenvalue weighted by molar-refractivity contribution is -0.139. The zero-order valence-corrected chi connectivity index (χ0v) is 11.7. The van der Waals surface area contributed by atoms with E-state index in [1.165, 1.54) is 0 Å². The first-order valence-electron chi connectivity index (χ1n) is 5.68. The van der Waals surface area contributed by atoms with Gasteiger partial charge in [0.1, 0.15) is 11.5 Å². The number of Topliss-reactive ketones (excluding diaryl/α,β-unsaturated/α-hetero) is 1. The molecule has 0 aliphatic heterocycles. The van der Waals surface area contributed by atoms with Crippen molar-refractivity contribution < 1.29 is 28.1 Å². The molecule has 7 heteroatoms. The summed E-state index contributed by atoms with van der Waals surface area (Å²) in [5.41, 5.74) is 0.427. The van der Waals surface area contributed by atoms with Crippen molar-refractivity contribution in [1.29, 1.82) is 0 Å². The molecule has 0 radical (unpaired) electrons. The molecule has 0 aliphatic carbocycles. The van der Waals surface area contributed by atoms with Crippen LogP contribution in [0.1, 0.15) is 10.4 Å². The van der Waals surface area contributed by atoms with E-state index >= 15 is 0 Å².